The highest BCUT2D eigenvalue weighted by atomic mass is 35.5. The van der Waals surface area contributed by atoms with Gasteiger partial charge in [0.05, 0.1) is 7.11 Å². The smallest absolute Gasteiger partial charge is 0.161 e. The Morgan fingerprint density at radius 2 is 1.82 bits per heavy atom. The fourth-order valence-corrected chi connectivity index (χ4v) is 3.66. The molecule has 2 aromatic carbocycles. The zero-order chi connectivity index (χ0) is 19.8. The number of hydrogen-bond donors (Lipinski definition) is 2. The topological polar surface area (TPSA) is 54.0 Å². The van der Waals surface area contributed by atoms with E-state index < -0.39 is 6.10 Å². The molecule has 2 N–H and O–H groups in total. The molecule has 1 aliphatic heterocycles. The van der Waals surface area contributed by atoms with E-state index in [1.54, 1.807) is 7.11 Å². The molecule has 2 aromatic rings. The first-order chi connectivity index (χ1) is 13.6. The van der Waals surface area contributed by atoms with E-state index in [0.29, 0.717) is 24.6 Å². The molecular weight excluding hydrogens is 376 g/mol. The van der Waals surface area contributed by atoms with Crippen LogP contribution in [0, 0.1) is 0 Å². The third-order valence-corrected chi connectivity index (χ3v) is 5.11. The second-order valence-electron chi connectivity index (χ2n) is 7.19. The van der Waals surface area contributed by atoms with Gasteiger partial charge >= 0.3 is 0 Å². The second kappa shape index (κ2) is 10.7. The summed E-state index contributed by atoms with van der Waals surface area (Å²) in [4.78, 5) is 2.28. The maximum Gasteiger partial charge on any atom is 0.161 e. The van der Waals surface area contributed by atoms with Crippen LogP contribution in [0.1, 0.15) is 24.0 Å². The van der Waals surface area contributed by atoms with Gasteiger partial charge in [0.25, 0.3) is 0 Å². The standard InChI is InChI=1S/C22H29ClN2O3/c1-27-21-8-7-18(14-24-13-17-5-4-6-19(23)11-17)12-22(21)28-16-20(26)15-25-9-2-3-10-25/h4-8,11-12,20,24,26H,2-3,9-10,13-16H2,1H3/t20-/m1/s1. The molecule has 0 aliphatic carbocycles. The summed E-state index contributed by atoms with van der Waals surface area (Å²) < 4.78 is 11.3. The van der Waals surface area contributed by atoms with Gasteiger partial charge in [0.2, 0.25) is 0 Å². The fraction of sp³-hybridized carbons (Fsp3) is 0.455. The molecule has 1 atom stereocenters. The van der Waals surface area contributed by atoms with E-state index in [4.69, 9.17) is 21.1 Å². The van der Waals surface area contributed by atoms with E-state index in [0.717, 1.165) is 35.8 Å². The molecule has 6 heteroatoms. The van der Waals surface area contributed by atoms with Gasteiger partial charge in [-0.25, -0.2) is 0 Å². The Hall–Kier alpha value is -1.79. The van der Waals surface area contributed by atoms with Crippen LogP contribution in [0.25, 0.3) is 0 Å². The zero-order valence-corrected chi connectivity index (χ0v) is 17.1. The van der Waals surface area contributed by atoms with Crippen molar-refractivity contribution >= 4 is 11.6 Å². The van der Waals surface area contributed by atoms with Crippen LogP contribution in [-0.4, -0.2) is 49.5 Å². The third-order valence-electron chi connectivity index (χ3n) is 4.87. The Kier molecular flexibility index (Phi) is 7.98. The first kappa shape index (κ1) is 20.9. The molecular formula is C22H29ClN2O3. The zero-order valence-electron chi connectivity index (χ0n) is 16.4. The van der Waals surface area contributed by atoms with E-state index in [2.05, 4.69) is 10.2 Å². The number of halogens is 1. The van der Waals surface area contributed by atoms with Crippen molar-refractivity contribution in [2.24, 2.45) is 0 Å². The number of likely N-dealkylation sites (tertiary alicyclic amines) is 1. The lowest BCUT2D eigenvalue weighted by molar-refractivity contribution is 0.0746. The van der Waals surface area contributed by atoms with Crippen molar-refractivity contribution in [3.05, 3.63) is 58.6 Å². The van der Waals surface area contributed by atoms with Crippen molar-refractivity contribution in [2.75, 3.05) is 33.4 Å². The molecule has 1 saturated heterocycles. The quantitative estimate of drug-likeness (QED) is 0.635. The van der Waals surface area contributed by atoms with Crippen LogP contribution in [0.4, 0.5) is 0 Å². The fourth-order valence-electron chi connectivity index (χ4n) is 3.44. The van der Waals surface area contributed by atoms with Crippen LogP contribution in [-0.2, 0) is 13.1 Å². The number of β-amino-alcohol motifs (C(OH)–C–C–N with tert-alkyl or cyclic N) is 1. The summed E-state index contributed by atoms with van der Waals surface area (Å²) in [6.07, 6.45) is 1.92. The molecule has 152 valence electrons. The summed E-state index contributed by atoms with van der Waals surface area (Å²) >= 11 is 6.03. The van der Waals surface area contributed by atoms with E-state index in [1.165, 1.54) is 12.8 Å². The van der Waals surface area contributed by atoms with Crippen LogP contribution in [0.15, 0.2) is 42.5 Å². The molecule has 28 heavy (non-hydrogen) atoms. The molecule has 0 saturated carbocycles. The summed E-state index contributed by atoms with van der Waals surface area (Å²) in [5.41, 5.74) is 2.23. The van der Waals surface area contributed by atoms with Crippen molar-refractivity contribution in [1.29, 1.82) is 0 Å². The van der Waals surface area contributed by atoms with Crippen LogP contribution in [0.2, 0.25) is 5.02 Å². The average Bonchev–Trinajstić information content (AvgIpc) is 3.19. The molecule has 1 heterocycles. The predicted octanol–water partition coefficient (Wildman–Crippen LogP) is 3.47. The minimum Gasteiger partial charge on any atom is -0.493 e. The van der Waals surface area contributed by atoms with Crippen LogP contribution in [0.5, 0.6) is 11.5 Å². The number of benzene rings is 2. The number of nitrogens with one attached hydrogen (secondary N) is 1. The molecule has 0 bridgehead atoms. The van der Waals surface area contributed by atoms with Crippen molar-refractivity contribution in [1.82, 2.24) is 10.2 Å². The van der Waals surface area contributed by atoms with Crippen molar-refractivity contribution in [3.8, 4) is 11.5 Å². The van der Waals surface area contributed by atoms with Crippen molar-refractivity contribution in [2.45, 2.75) is 32.0 Å². The van der Waals surface area contributed by atoms with Gasteiger partial charge in [-0.15, -0.1) is 0 Å². The lowest BCUT2D eigenvalue weighted by Crippen LogP contribution is -2.33. The maximum atomic E-state index is 10.3. The lowest BCUT2D eigenvalue weighted by Gasteiger charge is -2.20. The Morgan fingerprint density at radius 1 is 1.07 bits per heavy atom. The summed E-state index contributed by atoms with van der Waals surface area (Å²) in [7, 11) is 1.62. The Labute approximate surface area is 172 Å². The van der Waals surface area contributed by atoms with E-state index in [9.17, 15) is 5.11 Å². The highest BCUT2D eigenvalue weighted by Crippen LogP contribution is 2.28. The number of aliphatic hydroxyl groups excluding tert-OH is 1. The number of ether oxygens (including phenoxy) is 2. The normalized spacial score (nSPS) is 15.5. The van der Waals surface area contributed by atoms with Gasteiger partial charge < -0.3 is 24.8 Å². The molecule has 3 rings (SSSR count). The van der Waals surface area contributed by atoms with Gasteiger partial charge in [0.15, 0.2) is 11.5 Å². The Bertz CT molecular complexity index is 750. The summed E-state index contributed by atoms with van der Waals surface area (Å²) in [6.45, 7) is 4.47. The molecule has 5 nitrogen and oxygen atoms in total. The van der Waals surface area contributed by atoms with Crippen molar-refractivity contribution in [3.63, 3.8) is 0 Å². The molecule has 0 radical (unpaired) electrons. The number of aliphatic hydroxyl groups is 1. The van der Waals surface area contributed by atoms with Gasteiger partial charge in [-0.05, 0) is 61.3 Å². The Balaban J connectivity index is 1.52. The largest absolute Gasteiger partial charge is 0.493 e. The second-order valence-corrected chi connectivity index (χ2v) is 7.63. The van der Waals surface area contributed by atoms with Crippen LogP contribution in [0.3, 0.4) is 0 Å². The predicted molar refractivity (Wildman–Crippen MR) is 112 cm³/mol. The number of rotatable bonds is 10. The van der Waals surface area contributed by atoms with Gasteiger partial charge in [-0.2, -0.15) is 0 Å². The van der Waals surface area contributed by atoms with E-state index in [1.807, 2.05) is 42.5 Å². The molecule has 1 fully saturated rings. The molecule has 0 aromatic heterocycles. The van der Waals surface area contributed by atoms with E-state index >= 15 is 0 Å². The first-order valence-electron chi connectivity index (χ1n) is 9.79. The minimum atomic E-state index is -0.507. The van der Waals surface area contributed by atoms with Crippen molar-refractivity contribution < 1.29 is 14.6 Å². The van der Waals surface area contributed by atoms with Crippen LogP contribution < -0.4 is 14.8 Å². The summed E-state index contributed by atoms with van der Waals surface area (Å²) in [5, 5.41) is 14.4. The molecule has 1 aliphatic rings. The number of nitrogens with zero attached hydrogens (tertiary/aromatic N) is 1. The lowest BCUT2D eigenvalue weighted by atomic mass is 10.2. The number of hydrogen-bond acceptors (Lipinski definition) is 5. The van der Waals surface area contributed by atoms with E-state index in [-0.39, 0.29) is 6.61 Å². The Morgan fingerprint density at radius 3 is 2.54 bits per heavy atom. The molecule has 0 amide bonds. The van der Waals surface area contributed by atoms with Gasteiger partial charge in [-0.3, -0.25) is 0 Å². The highest BCUT2D eigenvalue weighted by Gasteiger charge is 2.17. The summed E-state index contributed by atoms with van der Waals surface area (Å²) in [5.74, 6) is 1.33. The third kappa shape index (κ3) is 6.38. The average molecular weight is 405 g/mol. The number of methoxy groups -OCH3 is 1. The van der Waals surface area contributed by atoms with Gasteiger partial charge in [0, 0.05) is 24.7 Å². The first-order valence-corrected chi connectivity index (χ1v) is 10.2. The highest BCUT2D eigenvalue weighted by molar-refractivity contribution is 6.30. The summed E-state index contributed by atoms with van der Waals surface area (Å²) in [6, 6.07) is 13.7. The molecule has 0 unspecified atom stereocenters. The maximum absolute atomic E-state index is 10.3. The van der Waals surface area contributed by atoms with Gasteiger partial charge in [0.1, 0.15) is 12.7 Å². The van der Waals surface area contributed by atoms with Gasteiger partial charge in [-0.1, -0.05) is 29.8 Å². The van der Waals surface area contributed by atoms with Crippen LogP contribution >= 0.6 is 11.6 Å². The molecule has 0 spiro atoms. The SMILES string of the molecule is COc1ccc(CNCc2cccc(Cl)c2)cc1OC[C@H](O)CN1CCCC1. The minimum absolute atomic E-state index is 0.256. The monoisotopic (exact) mass is 404 g/mol.